The predicted octanol–water partition coefficient (Wildman–Crippen LogP) is 5.17. The van der Waals surface area contributed by atoms with E-state index in [4.69, 9.17) is 0 Å². The van der Waals surface area contributed by atoms with Crippen LogP contribution in [0.1, 0.15) is 68.3 Å². The Morgan fingerprint density at radius 1 is 1.33 bits per heavy atom. The van der Waals surface area contributed by atoms with Crippen LogP contribution in [-0.2, 0) is 6.18 Å². The summed E-state index contributed by atoms with van der Waals surface area (Å²) in [6.45, 7) is 5.05. The largest absolute Gasteiger partial charge is 0.443 e. The number of nitrogens with one attached hydrogen (secondary N) is 1. The Morgan fingerprint density at radius 3 is 2.48 bits per heavy atom. The summed E-state index contributed by atoms with van der Waals surface area (Å²) in [6, 6.07) is -0.00134. The molecule has 1 unspecified atom stereocenters. The minimum absolute atomic E-state index is 0.00134. The summed E-state index contributed by atoms with van der Waals surface area (Å²) in [4.78, 5) is 4.34. The zero-order valence-corrected chi connectivity index (χ0v) is 13.4. The van der Waals surface area contributed by atoms with Crippen LogP contribution in [0, 0.1) is 5.41 Å². The maximum absolute atomic E-state index is 12.8. The second-order valence-electron chi connectivity index (χ2n) is 5.88. The van der Waals surface area contributed by atoms with Crippen LogP contribution in [0.3, 0.4) is 0 Å². The molecule has 1 atom stereocenters. The molecule has 1 fully saturated rings. The Balaban J connectivity index is 2.29. The van der Waals surface area contributed by atoms with Gasteiger partial charge in [-0.15, -0.1) is 11.3 Å². The molecule has 0 aromatic carbocycles. The van der Waals surface area contributed by atoms with Gasteiger partial charge in [0.25, 0.3) is 0 Å². The maximum atomic E-state index is 12.8. The van der Waals surface area contributed by atoms with Gasteiger partial charge in [-0.25, -0.2) is 4.98 Å². The zero-order valence-electron chi connectivity index (χ0n) is 12.6. The van der Waals surface area contributed by atoms with E-state index in [0.717, 1.165) is 48.4 Å². The van der Waals surface area contributed by atoms with E-state index in [0.29, 0.717) is 0 Å². The van der Waals surface area contributed by atoms with Crippen molar-refractivity contribution in [1.82, 2.24) is 10.3 Å². The lowest BCUT2D eigenvalue weighted by Gasteiger charge is -2.37. The molecule has 2 rings (SSSR count). The van der Waals surface area contributed by atoms with Gasteiger partial charge in [-0.05, 0) is 37.6 Å². The highest BCUT2D eigenvalue weighted by atomic mass is 32.1. The molecular formula is C15H23F3N2S. The van der Waals surface area contributed by atoms with Gasteiger partial charge in [-0.3, -0.25) is 0 Å². The van der Waals surface area contributed by atoms with Crippen LogP contribution in [0.4, 0.5) is 13.2 Å². The number of hydrogen-bond acceptors (Lipinski definition) is 3. The van der Waals surface area contributed by atoms with E-state index in [2.05, 4.69) is 24.1 Å². The molecule has 1 N–H and O–H groups in total. The molecule has 1 heterocycles. The molecular weight excluding hydrogens is 297 g/mol. The average Bonchev–Trinajstić information content (AvgIpc) is 3.08. The zero-order chi connectivity index (χ0) is 15.5. The van der Waals surface area contributed by atoms with Crippen molar-refractivity contribution >= 4 is 11.3 Å². The van der Waals surface area contributed by atoms with Gasteiger partial charge in [-0.1, -0.05) is 26.7 Å². The minimum Gasteiger partial charge on any atom is -0.309 e. The lowest BCUT2D eigenvalue weighted by molar-refractivity contribution is -0.137. The first-order valence-electron chi connectivity index (χ1n) is 7.69. The van der Waals surface area contributed by atoms with Gasteiger partial charge in [-0.2, -0.15) is 13.2 Å². The van der Waals surface area contributed by atoms with Gasteiger partial charge in [0.05, 0.1) is 0 Å². The molecule has 1 saturated carbocycles. The average molecular weight is 320 g/mol. The van der Waals surface area contributed by atoms with Gasteiger partial charge in [0.15, 0.2) is 5.01 Å². The molecule has 0 amide bonds. The Bertz CT molecular complexity index is 450. The minimum atomic E-state index is -4.34. The van der Waals surface area contributed by atoms with Gasteiger partial charge >= 0.3 is 6.18 Å². The lowest BCUT2D eigenvalue weighted by atomic mass is 9.75. The molecule has 21 heavy (non-hydrogen) atoms. The molecule has 0 aliphatic heterocycles. The lowest BCUT2D eigenvalue weighted by Crippen LogP contribution is -2.36. The van der Waals surface area contributed by atoms with Gasteiger partial charge in [0.1, 0.15) is 0 Å². The maximum Gasteiger partial charge on any atom is 0.443 e. The van der Waals surface area contributed by atoms with Crippen molar-refractivity contribution < 1.29 is 13.2 Å². The van der Waals surface area contributed by atoms with Crippen molar-refractivity contribution in [3.05, 3.63) is 16.1 Å². The van der Waals surface area contributed by atoms with E-state index in [9.17, 15) is 13.2 Å². The number of thiazole rings is 1. The topological polar surface area (TPSA) is 24.9 Å². The number of rotatable bonds is 6. The first-order valence-corrected chi connectivity index (χ1v) is 8.51. The van der Waals surface area contributed by atoms with E-state index in [-0.39, 0.29) is 11.5 Å². The van der Waals surface area contributed by atoms with Gasteiger partial charge in [0.2, 0.25) is 0 Å². The van der Waals surface area contributed by atoms with Crippen LogP contribution >= 0.6 is 11.3 Å². The van der Waals surface area contributed by atoms with Crippen molar-refractivity contribution in [2.24, 2.45) is 5.41 Å². The molecule has 0 saturated heterocycles. The van der Waals surface area contributed by atoms with E-state index in [1.165, 1.54) is 19.0 Å². The molecule has 0 radical (unpaired) electrons. The third kappa shape index (κ3) is 3.59. The van der Waals surface area contributed by atoms with Gasteiger partial charge < -0.3 is 5.32 Å². The smallest absolute Gasteiger partial charge is 0.309 e. The van der Waals surface area contributed by atoms with Crippen molar-refractivity contribution in [1.29, 1.82) is 0 Å². The molecule has 1 aromatic heterocycles. The number of nitrogens with zero attached hydrogens (tertiary/aromatic N) is 1. The molecule has 1 aliphatic carbocycles. The fourth-order valence-electron chi connectivity index (χ4n) is 3.38. The Kier molecular flexibility index (Phi) is 5.30. The molecule has 0 spiro atoms. The van der Waals surface area contributed by atoms with Gasteiger partial charge in [0, 0.05) is 17.1 Å². The Hall–Kier alpha value is -0.620. The molecule has 1 aliphatic rings. The second-order valence-corrected chi connectivity index (χ2v) is 6.94. The van der Waals surface area contributed by atoms with E-state index in [1.807, 2.05) is 0 Å². The number of halogens is 3. The standard InChI is InChI=1S/C15H23F3N2S/c1-3-9-19-12(14(4-2)7-5-6-8-14)11-10-20-13(21-11)15(16,17)18/h10,12,19H,3-9H2,1-2H3. The van der Waals surface area contributed by atoms with E-state index >= 15 is 0 Å². The summed E-state index contributed by atoms with van der Waals surface area (Å²) in [6.07, 6.45) is 3.57. The Morgan fingerprint density at radius 2 is 2.00 bits per heavy atom. The fraction of sp³-hybridized carbons (Fsp3) is 0.800. The molecule has 6 heteroatoms. The number of alkyl halides is 3. The van der Waals surface area contributed by atoms with Crippen LogP contribution < -0.4 is 5.32 Å². The quantitative estimate of drug-likeness (QED) is 0.782. The fourth-order valence-corrected chi connectivity index (χ4v) is 4.39. The van der Waals surface area contributed by atoms with Crippen LogP contribution in [0.25, 0.3) is 0 Å². The summed E-state index contributed by atoms with van der Waals surface area (Å²) >= 11 is 0.801. The number of hydrogen-bond donors (Lipinski definition) is 1. The highest BCUT2D eigenvalue weighted by Gasteiger charge is 2.42. The molecule has 1 aromatic rings. The first-order chi connectivity index (χ1) is 9.93. The third-order valence-electron chi connectivity index (χ3n) is 4.56. The van der Waals surface area contributed by atoms with E-state index in [1.54, 1.807) is 0 Å². The third-order valence-corrected chi connectivity index (χ3v) is 5.67. The summed E-state index contributed by atoms with van der Waals surface area (Å²) in [7, 11) is 0. The summed E-state index contributed by atoms with van der Waals surface area (Å²) < 4.78 is 38.4. The van der Waals surface area contributed by atoms with Crippen molar-refractivity contribution in [3.63, 3.8) is 0 Å². The predicted molar refractivity (Wildman–Crippen MR) is 79.3 cm³/mol. The van der Waals surface area contributed by atoms with Crippen LogP contribution in [0.2, 0.25) is 0 Å². The monoisotopic (exact) mass is 320 g/mol. The number of aromatic nitrogens is 1. The molecule has 2 nitrogen and oxygen atoms in total. The van der Waals surface area contributed by atoms with Crippen molar-refractivity contribution in [2.45, 2.75) is 64.6 Å². The second kappa shape index (κ2) is 6.65. The summed E-state index contributed by atoms with van der Waals surface area (Å²) in [5, 5.41) is 2.76. The molecule has 120 valence electrons. The normalized spacial score (nSPS) is 19.9. The van der Waals surface area contributed by atoms with Crippen LogP contribution in [0.15, 0.2) is 6.20 Å². The van der Waals surface area contributed by atoms with Crippen molar-refractivity contribution in [3.8, 4) is 0 Å². The van der Waals surface area contributed by atoms with Crippen molar-refractivity contribution in [2.75, 3.05) is 6.54 Å². The summed E-state index contributed by atoms with van der Waals surface area (Å²) in [5.74, 6) is 0. The van der Waals surface area contributed by atoms with E-state index < -0.39 is 11.2 Å². The highest BCUT2D eigenvalue weighted by molar-refractivity contribution is 7.11. The van der Waals surface area contributed by atoms with Crippen LogP contribution in [-0.4, -0.2) is 11.5 Å². The first kappa shape index (κ1) is 16.7. The van der Waals surface area contributed by atoms with Crippen LogP contribution in [0.5, 0.6) is 0 Å². The summed E-state index contributed by atoms with van der Waals surface area (Å²) in [5.41, 5.74) is 0.0879. The highest BCUT2D eigenvalue weighted by Crippen LogP contribution is 2.51. The Labute approximate surface area is 128 Å². The molecule has 0 bridgehead atoms. The SMILES string of the molecule is CCCNC(c1cnc(C(F)(F)F)s1)C1(CC)CCCC1.